The van der Waals surface area contributed by atoms with Gasteiger partial charge in [-0.1, -0.05) is 25.1 Å². The molecule has 2 aromatic rings. The number of para-hydroxylation sites is 1. The molecule has 2 rings (SSSR count). The summed E-state index contributed by atoms with van der Waals surface area (Å²) in [6.07, 6.45) is 1.02. The summed E-state index contributed by atoms with van der Waals surface area (Å²) in [6, 6.07) is 9.72. The Balaban J connectivity index is 2.18. The molecule has 0 saturated carbocycles. The standard InChI is InChI=1S/C15H19N3O/c1-3-8-16-10-15(19)18-14-9-11(2)17-13-7-5-4-6-12(13)14/h4-7,9,16H,3,8,10H2,1-2H3,(H,17,18,19). The molecule has 0 saturated heterocycles. The van der Waals surface area contributed by atoms with Gasteiger partial charge in [0.2, 0.25) is 5.91 Å². The van der Waals surface area contributed by atoms with E-state index in [-0.39, 0.29) is 5.91 Å². The SMILES string of the molecule is CCCNCC(=O)Nc1cc(C)nc2ccccc12. The first-order valence-corrected chi connectivity index (χ1v) is 6.57. The van der Waals surface area contributed by atoms with E-state index in [1.165, 1.54) is 0 Å². The summed E-state index contributed by atoms with van der Waals surface area (Å²) in [4.78, 5) is 16.3. The number of amides is 1. The third-order valence-electron chi connectivity index (χ3n) is 2.83. The van der Waals surface area contributed by atoms with Crippen LogP contribution in [0.4, 0.5) is 5.69 Å². The molecule has 0 atom stereocenters. The van der Waals surface area contributed by atoms with Crippen molar-refractivity contribution in [1.82, 2.24) is 10.3 Å². The number of fused-ring (bicyclic) bond motifs is 1. The average molecular weight is 257 g/mol. The van der Waals surface area contributed by atoms with Crippen molar-refractivity contribution in [2.75, 3.05) is 18.4 Å². The summed E-state index contributed by atoms with van der Waals surface area (Å²) in [7, 11) is 0. The summed E-state index contributed by atoms with van der Waals surface area (Å²) in [5.41, 5.74) is 2.63. The van der Waals surface area contributed by atoms with Crippen molar-refractivity contribution in [3.05, 3.63) is 36.0 Å². The van der Waals surface area contributed by atoms with Gasteiger partial charge in [-0.3, -0.25) is 9.78 Å². The Bertz CT molecular complexity index is 581. The van der Waals surface area contributed by atoms with E-state index in [1.54, 1.807) is 0 Å². The number of carbonyl (C=O) groups is 1. The maximum Gasteiger partial charge on any atom is 0.238 e. The average Bonchev–Trinajstić information content (AvgIpc) is 2.39. The van der Waals surface area contributed by atoms with Gasteiger partial charge in [-0.15, -0.1) is 0 Å². The number of anilines is 1. The molecule has 1 aromatic heterocycles. The molecule has 0 unspecified atom stereocenters. The second kappa shape index (κ2) is 6.29. The van der Waals surface area contributed by atoms with Crippen LogP contribution in [0.25, 0.3) is 10.9 Å². The van der Waals surface area contributed by atoms with Crippen LogP contribution in [0.5, 0.6) is 0 Å². The van der Waals surface area contributed by atoms with Crippen LogP contribution in [-0.4, -0.2) is 24.0 Å². The second-order valence-electron chi connectivity index (χ2n) is 4.55. The zero-order valence-electron chi connectivity index (χ0n) is 11.4. The summed E-state index contributed by atoms with van der Waals surface area (Å²) in [5, 5.41) is 7.00. The van der Waals surface area contributed by atoms with E-state index in [0.717, 1.165) is 35.2 Å². The fourth-order valence-electron chi connectivity index (χ4n) is 1.98. The fourth-order valence-corrected chi connectivity index (χ4v) is 1.98. The minimum atomic E-state index is -0.0239. The molecule has 1 heterocycles. The third-order valence-corrected chi connectivity index (χ3v) is 2.83. The van der Waals surface area contributed by atoms with Crippen LogP contribution in [-0.2, 0) is 4.79 Å². The Kier molecular flexibility index (Phi) is 4.47. The first kappa shape index (κ1) is 13.5. The number of pyridine rings is 1. The molecule has 100 valence electrons. The Morgan fingerprint density at radius 3 is 2.89 bits per heavy atom. The van der Waals surface area contributed by atoms with Crippen LogP contribution in [0.1, 0.15) is 19.0 Å². The highest BCUT2D eigenvalue weighted by Crippen LogP contribution is 2.22. The highest BCUT2D eigenvalue weighted by molar-refractivity contribution is 6.01. The van der Waals surface area contributed by atoms with E-state index in [1.807, 2.05) is 37.3 Å². The second-order valence-corrected chi connectivity index (χ2v) is 4.55. The van der Waals surface area contributed by atoms with Gasteiger partial charge in [-0.05, 0) is 32.0 Å². The van der Waals surface area contributed by atoms with Crippen molar-refractivity contribution in [3.8, 4) is 0 Å². The van der Waals surface area contributed by atoms with Crippen LogP contribution in [0.2, 0.25) is 0 Å². The first-order valence-electron chi connectivity index (χ1n) is 6.57. The predicted octanol–water partition coefficient (Wildman–Crippen LogP) is 2.48. The molecule has 4 heteroatoms. The normalized spacial score (nSPS) is 10.6. The zero-order valence-corrected chi connectivity index (χ0v) is 11.4. The van der Waals surface area contributed by atoms with Gasteiger partial charge in [0, 0.05) is 11.1 Å². The molecular weight excluding hydrogens is 238 g/mol. The minimum Gasteiger partial charge on any atom is -0.324 e. The lowest BCUT2D eigenvalue weighted by Crippen LogP contribution is -2.28. The van der Waals surface area contributed by atoms with Crippen molar-refractivity contribution in [3.63, 3.8) is 0 Å². The van der Waals surface area contributed by atoms with Crippen molar-refractivity contribution in [2.24, 2.45) is 0 Å². The Hall–Kier alpha value is -1.94. The van der Waals surface area contributed by atoms with Crippen LogP contribution >= 0.6 is 0 Å². The topological polar surface area (TPSA) is 54.0 Å². The molecule has 0 spiro atoms. The third kappa shape index (κ3) is 3.51. The number of benzene rings is 1. The van der Waals surface area contributed by atoms with Crippen molar-refractivity contribution in [2.45, 2.75) is 20.3 Å². The molecule has 1 aromatic carbocycles. The van der Waals surface area contributed by atoms with Crippen molar-refractivity contribution < 1.29 is 4.79 Å². The van der Waals surface area contributed by atoms with Crippen molar-refractivity contribution >= 4 is 22.5 Å². The summed E-state index contributed by atoms with van der Waals surface area (Å²) in [6.45, 7) is 5.19. The summed E-state index contributed by atoms with van der Waals surface area (Å²) >= 11 is 0. The first-order chi connectivity index (χ1) is 9.20. The lowest BCUT2D eigenvalue weighted by molar-refractivity contribution is -0.115. The molecule has 0 radical (unpaired) electrons. The number of hydrogen-bond acceptors (Lipinski definition) is 3. The van der Waals surface area contributed by atoms with Crippen LogP contribution in [0, 0.1) is 6.92 Å². The number of carbonyl (C=O) groups excluding carboxylic acids is 1. The van der Waals surface area contributed by atoms with Crippen LogP contribution in [0.15, 0.2) is 30.3 Å². The monoisotopic (exact) mass is 257 g/mol. The molecule has 1 amide bonds. The van der Waals surface area contributed by atoms with E-state index in [9.17, 15) is 4.79 Å². The maximum atomic E-state index is 11.8. The molecule has 0 aliphatic rings. The largest absolute Gasteiger partial charge is 0.324 e. The summed E-state index contributed by atoms with van der Waals surface area (Å²) < 4.78 is 0. The van der Waals surface area contributed by atoms with Crippen molar-refractivity contribution in [1.29, 1.82) is 0 Å². The van der Waals surface area contributed by atoms with E-state index in [4.69, 9.17) is 0 Å². The molecule has 0 fully saturated rings. The maximum absolute atomic E-state index is 11.8. The lowest BCUT2D eigenvalue weighted by Gasteiger charge is -2.10. The van der Waals surface area contributed by atoms with Gasteiger partial charge >= 0.3 is 0 Å². The summed E-state index contributed by atoms with van der Waals surface area (Å²) in [5.74, 6) is -0.0239. The van der Waals surface area contributed by atoms with Gasteiger partial charge < -0.3 is 10.6 Å². The number of aryl methyl sites for hydroxylation is 1. The minimum absolute atomic E-state index is 0.0239. The number of nitrogens with zero attached hydrogens (tertiary/aromatic N) is 1. The molecule has 0 aliphatic heterocycles. The number of rotatable bonds is 5. The molecular formula is C15H19N3O. The van der Waals surface area contributed by atoms with E-state index in [0.29, 0.717) is 6.54 Å². The van der Waals surface area contributed by atoms with E-state index >= 15 is 0 Å². The Labute approximate surface area is 113 Å². The Morgan fingerprint density at radius 1 is 1.32 bits per heavy atom. The smallest absolute Gasteiger partial charge is 0.238 e. The molecule has 0 bridgehead atoms. The molecule has 4 nitrogen and oxygen atoms in total. The van der Waals surface area contributed by atoms with Gasteiger partial charge in [-0.25, -0.2) is 0 Å². The highest BCUT2D eigenvalue weighted by atomic mass is 16.1. The van der Waals surface area contributed by atoms with E-state index < -0.39 is 0 Å². The molecule has 2 N–H and O–H groups in total. The number of hydrogen-bond donors (Lipinski definition) is 2. The number of aromatic nitrogens is 1. The number of nitrogens with one attached hydrogen (secondary N) is 2. The van der Waals surface area contributed by atoms with Gasteiger partial charge in [-0.2, -0.15) is 0 Å². The quantitative estimate of drug-likeness (QED) is 0.809. The van der Waals surface area contributed by atoms with E-state index in [2.05, 4.69) is 22.5 Å². The Morgan fingerprint density at radius 2 is 2.11 bits per heavy atom. The molecule has 19 heavy (non-hydrogen) atoms. The van der Waals surface area contributed by atoms with Crippen LogP contribution in [0.3, 0.4) is 0 Å². The predicted molar refractivity (Wildman–Crippen MR) is 78.3 cm³/mol. The lowest BCUT2D eigenvalue weighted by atomic mass is 10.1. The fraction of sp³-hybridized carbons (Fsp3) is 0.333. The molecule has 0 aliphatic carbocycles. The van der Waals surface area contributed by atoms with Gasteiger partial charge in [0.1, 0.15) is 0 Å². The van der Waals surface area contributed by atoms with Gasteiger partial charge in [0.25, 0.3) is 0 Å². The van der Waals surface area contributed by atoms with Gasteiger partial charge in [0.05, 0.1) is 17.7 Å². The van der Waals surface area contributed by atoms with Crippen LogP contribution < -0.4 is 10.6 Å². The zero-order chi connectivity index (χ0) is 13.7. The van der Waals surface area contributed by atoms with Gasteiger partial charge in [0.15, 0.2) is 0 Å². The highest BCUT2D eigenvalue weighted by Gasteiger charge is 2.07.